The molecular formula is C17H36N2. The predicted molar refractivity (Wildman–Crippen MR) is 85.7 cm³/mol. The van der Waals surface area contributed by atoms with Gasteiger partial charge in [0.05, 0.1) is 0 Å². The summed E-state index contributed by atoms with van der Waals surface area (Å²) in [4.78, 5) is 2.69. The normalized spacial score (nSPS) is 18.3. The summed E-state index contributed by atoms with van der Waals surface area (Å²) >= 11 is 0. The second kappa shape index (κ2) is 10.7. The quantitative estimate of drug-likeness (QED) is 0.601. The molecule has 0 aromatic rings. The Hall–Kier alpha value is -0.0800. The van der Waals surface area contributed by atoms with Crippen LogP contribution in [0.5, 0.6) is 0 Å². The molecule has 1 rings (SSSR count). The zero-order valence-electron chi connectivity index (χ0n) is 13.6. The van der Waals surface area contributed by atoms with Crippen LogP contribution in [0, 0.1) is 5.92 Å². The molecule has 1 saturated heterocycles. The Balaban J connectivity index is 1.88. The average Bonchev–Trinajstić information content (AvgIpc) is 2.39. The van der Waals surface area contributed by atoms with Crippen molar-refractivity contribution in [2.24, 2.45) is 5.92 Å². The zero-order valence-corrected chi connectivity index (χ0v) is 13.6. The van der Waals surface area contributed by atoms with Crippen molar-refractivity contribution in [3.05, 3.63) is 0 Å². The summed E-state index contributed by atoms with van der Waals surface area (Å²) in [5.41, 5.74) is 0. The minimum atomic E-state index is 0.643. The van der Waals surface area contributed by atoms with E-state index in [1.54, 1.807) is 0 Å². The Morgan fingerprint density at radius 2 is 1.74 bits per heavy atom. The van der Waals surface area contributed by atoms with Gasteiger partial charge < -0.3 is 10.2 Å². The molecule has 0 aliphatic carbocycles. The molecule has 1 aliphatic rings. The fourth-order valence-electron chi connectivity index (χ4n) is 3.11. The first-order valence-corrected chi connectivity index (χ1v) is 8.68. The third-order valence-corrected chi connectivity index (χ3v) is 4.36. The van der Waals surface area contributed by atoms with Crippen LogP contribution in [0.15, 0.2) is 0 Å². The van der Waals surface area contributed by atoms with Crippen LogP contribution in [-0.4, -0.2) is 37.1 Å². The first-order chi connectivity index (χ1) is 9.22. The molecule has 114 valence electrons. The second-order valence-electron chi connectivity index (χ2n) is 6.60. The van der Waals surface area contributed by atoms with Crippen molar-refractivity contribution in [1.29, 1.82) is 0 Å². The maximum atomic E-state index is 3.49. The molecule has 0 atom stereocenters. The lowest BCUT2D eigenvalue weighted by molar-refractivity contribution is 0.175. The lowest BCUT2D eigenvalue weighted by atomic mass is 9.92. The molecule has 0 radical (unpaired) electrons. The van der Waals surface area contributed by atoms with Crippen LogP contribution in [0.3, 0.4) is 0 Å². The lowest BCUT2D eigenvalue weighted by Crippen LogP contribution is -2.34. The van der Waals surface area contributed by atoms with Crippen LogP contribution in [0.4, 0.5) is 0 Å². The molecule has 1 heterocycles. The molecule has 0 unspecified atom stereocenters. The fourth-order valence-corrected chi connectivity index (χ4v) is 3.11. The van der Waals surface area contributed by atoms with Crippen molar-refractivity contribution in [1.82, 2.24) is 10.2 Å². The van der Waals surface area contributed by atoms with Crippen LogP contribution in [-0.2, 0) is 0 Å². The SMILES string of the molecule is CCCC1CCN(CCCCCCNC(C)C)CC1. The van der Waals surface area contributed by atoms with E-state index in [-0.39, 0.29) is 0 Å². The maximum Gasteiger partial charge on any atom is 0.00103 e. The van der Waals surface area contributed by atoms with Crippen LogP contribution in [0.2, 0.25) is 0 Å². The highest BCUT2D eigenvalue weighted by atomic mass is 15.1. The van der Waals surface area contributed by atoms with Gasteiger partial charge in [0.2, 0.25) is 0 Å². The largest absolute Gasteiger partial charge is 0.315 e. The van der Waals surface area contributed by atoms with Gasteiger partial charge >= 0.3 is 0 Å². The molecular weight excluding hydrogens is 232 g/mol. The molecule has 19 heavy (non-hydrogen) atoms. The molecule has 1 fully saturated rings. The van der Waals surface area contributed by atoms with Crippen molar-refractivity contribution in [3.8, 4) is 0 Å². The third-order valence-electron chi connectivity index (χ3n) is 4.36. The average molecular weight is 268 g/mol. The summed E-state index contributed by atoms with van der Waals surface area (Å²) in [7, 11) is 0. The third kappa shape index (κ3) is 8.65. The predicted octanol–water partition coefficient (Wildman–Crippen LogP) is 4.06. The number of likely N-dealkylation sites (tertiary alicyclic amines) is 1. The van der Waals surface area contributed by atoms with Crippen LogP contribution >= 0.6 is 0 Å². The van der Waals surface area contributed by atoms with E-state index >= 15 is 0 Å². The van der Waals surface area contributed by atoms with Gasteiger partial charge in [0, 0.05) is 6.04 Å². The first-order valence-electron chi connectivity index (χ1n) is 8.68. The minimum absolute atomic E-state index is 0.643. The van der Waals surface area contributed by atoms with Crippen LogP contribution < -0.4 is 5.32 Å². The summed E-state index contributed by atoms with van der Waals surface area (Å²) in [5, 5.41) is 3.49. The smallest absolute Gasteiger partial charge is 0.00103 e. The number of nitrogens with one attached hydrogen (secondary N) is 1. The van der Waals surface area contributed by atoms with Crippen molar-refractivity contribution in [2.45, 2.75) is 78.2 Å². The molecule has 0 spiro atoms. The Bertz CT molecular complexity index is 195. The number of piperidine rings is 1. The molecule has 2 heteroatoms. The number of hydrogen-bond acceptors (Lipinski definition) is 2. The van der Waals surface area contributed by atoms with E-state index in [4.69, 9.17) is 0 Å². The standard InChI is InChI=1S/C17H36N2/c1-4-9-17-10-14-19(15-11-17)13-8-6-5-7-12-18-16(2)3/h16-18H,4-15H2,1-3H3. The van der Waals surface area contributed by atoms with E-state index in [1.165, 1.54) is 77.5 Å². The number of rotatable bonds is 10. The van der Waals surface area contributed by atoms with Gasteiger partial charge in [-0.2, -0.15) is 0 Å². The molecule has 1 aliphatic heterocycles. The molecule has 2 nitrogen and oxygen atoms in total. The van der Waals surface area contributed by atoms with E-state index in [1.807, 2.05) is 0 Å². The first kappa shape index (κ1) is 17.0. The van der Waals surface area contributed by atoms with Gasteiger partial charge in [-0.1, -0.05) is 46.5 Å². The van der Waals surface area contributed by atoms with Crippen molar-refractivity contribution < 1.29 is 0 Å². The summed E-state index contributed by atoms with van der Waals surface area (Å²) in [6, 6.07) is 0.643. The Labute approximate surface area is 121 Å². The molecule has 0 aromatic heterocycles. The minimum Gasteiger partial charge on any atom is -0.315 e. The highest BCUT2D eigenvalue weighted by Crippen LogP contribution is 2.21. The van der Waals surface area contributed by atoms with E-state index in [0.717, 1.165) is 5.92 Å². The molecule has 0 bridgehead atoms. The highest BCUT2D eigenvalue weighted by molar-refractivity contribution is 4.71. The summed E-state index contributed by atoms with van der Waals surface area (Å²) in [6.45, 7) is 12.0. The fraction of sp³-hybridized carbons (Fsp3) is 1.00. The second-order valence-corrected chi connectivity index (χ2v) is 6.60. The Morgan fingerprint density at radius 3 is 2.37 bits per heavy atom. The van der Waals surface area contributed by atoms with Gasteiger partial charge in [-0.05, 0) is 57.8 Å². The van der Waals surface area contributed by atoms with Crippen molar-refractivity contribution in [2.75, 3.05) is 26.2 Å². The topological polar surface area (TPSA) is 15.3 Å². The molecule has 0 saturated carbocycles. The zero-order chi connectivity index (χ0) is 13.9. The van der Waals surface area contributed by atoms with Gasteiger partial charge in [-0.3, -0.25) is 0 Å². The van der Waals surface area contributed by atoms with Crippen molar-refractivity contribution in [3.63, 3.8) is 0 Å². The van der Waals surface area contributed by atoms with E-state index in [2.05, 4.69) is 31.0 Å². The Morgan fingerprint density at radius 1 is 1.05 bits per heavy atom. The summed E-state index contributed by atoms with van der Waals surface area (Å²) in [5.74, 6) is 1.03. The van der Waals surface area contributed by atoms with Gasteiger partial charge in [-0.15, -0.1) is 0 Å². The van der Waals surface area contributed by atoms with Crippen LogP contribution in [0.1, 0.15) is 72.1 Å². The Kier molecular flexibility index (Phi) is 9.54. The van der Waals surface area contributed by atoms with Gasteiger partial charge in [0.1, 0.15) is 0 Å². The monoisotopic (exact) mass is 268 g/mol. The van der Waals surface area contributed by atoms with E-state index in [0.29, 0.717) is 6.04 Å². The summed E-state index contributed by atoms with van der Waals surface area (Å²) in [6.07, 6.45) is 11.3. The molecule has 1 N–H and O–H groups in total. The van der Waals surface area contributed by atoms with Gasteiger partial charge in [-0.25, -0.2) is 0 Å². The lowest BCUT2D eigenvalue weighted by Gasteiger charge is -2.31. The summed E-state index contributed by atoms with van der Waals surface area (Å²) < 4.78 is 0. The van der Waals surface area contributed by atoms with Gasteiger partial charge in [0.25, 0.3) is 0 Å². The number of hydrogen-bond donors (Lipinski definition) is 1. The molecule has 0 aromatic carbocycles. The number of unbranched alkanes of at least 4 members (excludes halogenated alkanes) is 3. The van der Waals surface area contributed by atoms with Crippen molar-refractivity contribution >= 4 is 0 Å². The highest BCUT2D eigenvalue weighted by Gasteiger charge is 2.17. The maximum absolute atomic E-state index is 3.49. The van der Waals surface area contributed by atoms with Crippen LogP contribution in [0.25, 0.3) is 0 Å². The van der Waals surface area contributed by atoms with E-state index in [9.17, 15) is 0 Å². The molecule has 0 amide bonds. The number of nitrogens with zero attached hydrogens (tertiary/aromatic N) is 1. The van der Waals surface area contributed by atoms with Gasteiger partial charge in [0.15, 0.2) is 0 Å². The van der Waals surface area contributed by atoms with E-state index < -0.39 is 0 Å².